The Hall–Kier alpha value is -2.53. The number of nitrogens with zero attached hydrogens (tertiary/aromatic N) is 4. The van der Waals surface area contributed by atoms with E-state index in [0.29, 0.717) is 5.95 Å². The molecule has 0 fully saturated rings. The first-order valence-corrected chi connectivity index (χ1v) is 11.5. The molecule has 154 valence electrons. The largest absolute Gasteiger partial charge is 0.284 e. The lowest BCUT2D eigenvalue weighted by Crippen LogP contribution is -2.07. The van der Waals surface area contributed by atoms with Crippen LogP contribution in [0.25, 0.3) is 28.1 Å². The molecule has 30 heavy (non-hydrogen) atoms. The smallest absolute Gasteiger partial charge is 0.234 e. The van der Waals surface area contributed by atoms with Gasteiger partial charge in [-0.2, -0.15) is 0 Å². The summed E-state index contributed by atoms with van der Waals surface area (Å²) in [5, 5.41) is 1.15. The topological polar surface area (TPSA) is 43.6 Å². The summed E-state index contributed by atoms with van der Waals surface area (Å²) in [6, 6.07) is 10.9. The van der Waals surface area contributed by atoms with Gasteiger partial charge in [-0.25, -0.2) is 9.97 Å². The summed E-state index contributed by atoms with van der Waals surface area (Å²) >= 11 is 3.66. The van der Waals surface area contributed by atoms with Crippen molar-refractivity contribution in [1.29, 1.82) is 0 Å². The molecule has 0 saturated carbocycles. The number of aryl methyl sites for hydroxylation is 4. The van der Waals surface area contributed by atoms with Crippen LogP contribution in [-0.2, 0) is 25.7 Å². The van der Waals surface area contributed by atoms with Gasteiger partial charge in [0, 0.05) is 17.1 Å². The molecular formula is C25H27BrN4. The summed E-state index contributed by atoms with van der Waals surface area (Å²) < 4.78 is 3.07. The molecule has 0 N–H and O–H groups in total. The lowest BCUT2D eigenvalue weighted by Gasteiger charge is -2.13. The van der Waals surface area contributed by atoms with E-state index in [1.54, 1.807) is 0 Å². The third-order valence-electron chi connectivity index (χ3n) is 5.69. The van der Waals surface area contributed by atoms with Gasteiger partial charge in [0.25, 0.3) is 0 Å². The molecule has 0 saturated heterocycles. The lowest BCUT2D eigenvalue weighted by molar-refractivity contribution is 0.857. The highest BCUT2D eigenvalue weighted by Crippen LogP contribution is 2.31. The van der Waals surface area contributed by atoms with Crippen LogP contribution >= 0.6 is 15.9 Å². The average molecular weight is 463 g/mol. The number of benzene rings is 1. The minimum absolute atomic E-state index is 0.708. The molecule has 4 rings (SSSR count). The van der Waals surface area contributed by atoms with Gasteiger partial charge in [-0.3, -0.25) is 9.55 Å². The molecule has 0 aliphatic rings. The molecule has 5 heteroatoms. The predicted octanol–water partition coefficient (Wildman–Crippen LogP) is 6.49. The van der Waals surface area contributed by atoms with Crippen molar-refractivity contribution >= 4 is 26.8 Å². The number of rotatable bonds is 6. The predicted molar refractivity (Wildman–Crippen MR) is 127 cm³/mol. The number of hydrogen-bond donors (Lipinski definition) is 0. The summed E-state index contributed by atoms with van der Waals surface area (Å²) in [7, 11) is 0. The number of pyridine rings is 1. The van der Waals surface area contributed by atoms with Crippen molar-refractivity contribution in [1.82, 2.24) is 19.5 Å². The van der Waals surface area contributed by atoms with E-state index < -0.39 is 0 Å². The lowest BCUT2D eigenvalue weighted by atomic mass is 9.94. The van der Waals surface area contributed by atoms with Gasteiger partial charge in [-0.15, -0.1) is 0 Å². The van der Waals surface area contributed by atoms with Gasteiger partial charge in [0.15, 0.2) is 0 Å². The first kappa shape index (κ1) is 20.7. The molecule has 0 atom stereocenters. The molecule has 0 aliphatic carbocycles. The molecule has 4 aromatic rings. The zero-order valence-corrected chi connectivity index (χ0v) is 19.6. The zero-order chi connectivity index (χ0) is 21.3. The van der Waals surface area contributed by atoms with E-state index in [-0.39, 0.29) is 0 Å². The number of fused-ring (bicyclic) bond motifs is 1. The summed E-state index contributed by atoms with van der Waals surface area (Å²) in [6.07, 6.45) is 7.72. The fourth-order valence-corrected chi connectivity index (χ4v) is 4.76. The minimum Gasteiger partial charge on any atom is -0.284 e. The Bertz CT molecular complexity index is 1160. The van der Waals surface area contributed by atoms with Crippen LogP contribution in [0.15, 0.2) is 47.2 Å². The van der Waals surface area contributed by atoms with Crippen molar-refractivity contribution in [2.24, 2.45) is 0 Å². The van der Waals surface area contributed by atoms with Crippen LogP contribution in [0.2, 0.25) is 0 Å². The summed E-state index contributed by atoms with van der Waals surface area (Å²) in [6.45, 7) is 8.65. The summed E-state index contributed by atoms with van der Waals surface area (Å²) in [4.78, 5) is 14.5. The SMILES string of the molecule is CCc1cccc(CC)c1-c1cc2ccn(-c3nc(CC)c(Br)c(CC)n3)c2cn1. The van der Waals surface area contributed by atoms with Crippen molar-refractivity contribution in [2.75, 3.05) is 0 Å². The van der Waals surface area contributed by atoms with Crippen molar-refractivity contribution in [3.05, 3.63) is 69.7 Å². The van der Waals surface area contributed by atoms with Crippen molar-refractivity contribution < 1.29 is 0 Å². The van der Waals surface area contributed by atoms with Crippen LogP contribution in [0.3, 0.4) is 0 Å². The highest BCUT2D eigenvalue weighted by atomic mass is 79.9. The molecule has 0 amide bonds. The van der Waals surface area contributed by atoms with Gasteiger partial charge in [0.2, 0.25) is 5.95 Å². The van der Waals surface area contributed by atoms with E-state index in [2.05, 4.69) is 74.0 Å². The van der Waals surface area contributed by atoms with E-state index in [4.69, 9.17) is 15.0 Å². The maximum absolute atomic E-state index is 4.87. The Morgan fingerprint density at radius 1 is 0.867 bits per heavy atom. The standard InChI is InChI=1S/C25H27BrN4/c1-5-16-10-9-11-17(6-2)23(16)21-14-18-12-13-30(22(18)15-27-21)25-28-19(7-3)24(26)20(8-4)29-25/h9-15H,5-8H2,1-4H3. The molecule has 4 nitrogen and oxygen atoms in total. The highest BCUT2D eigenvalue weighted by molar-refractivity contribution is 9.10. The number of halogens is 1. The van der Waals surface area contributed by atoms with Gasteiger partial charge in [-0.1, -0.05) is 45.9 Å². The Kier molecular flexibility index (Phi) is 6.00. The van der Waals surface area contributed by atoms with Gasteiger partial charge in [0.05, 0.1) is 33.3 Å². The first-order valence-electron chi connectivity index (χ1n) is 10.7. The van der Waals surface area contributed by atoms with E-state index >= 15 is 0 Å². The number of aromatic nitrogens is 4. The van der Waals surface area contributed by atoms with Gasteiger partial charge in [-0.05, 0) is 64.9 Å². The van der Waals surface area contributed by atoms with Crippen LogP contribution in [0.5, 0.6) is 0 Å². The number of hydrogen-bond acceptors (Lipinski definition) is 3. The quantitative estimate of drug-likeness (QED) is 0.328. The van der Waals surface area contributed by atoms with Crippen LogP contribution in [0, 0.1) is 0 Å². The molecular weight excluding hydrogens is 436 g/mol. The average Bonchev–Trinajstić information content (AvgIpc) is 3.21. The summed E-state index contributed by atoms with van der Waals surface area (Å²) in [5.74, 6) is 0.708. The van der Waals surface area contributed by atoms with Gasteiger partial charge >= 0.3 is 0 Å². The normalized spacial score (nSPS) is 11.4. The third kappa shape index (κ3) is 3.56. The Morgan fingerprint density at radius 3 is 2.07 bits per heavy atom. The van der Waals surface area contributed by atoms with E-state index in [1.807, 2.05) is 17.0 Å². The molecule has 1 aromatic carbocycles. The van der Waals surface area contributed by atoms with Crippen molar-refractivity contribution in [3.63, 3.8) is 0 Å². The molecule has 0 unspecified atom stereocenters. The van der Waals surface area contributed by atoms with Crippen LogP contribution < -0.4 is 0 Å². The first-order chi connectivity index (χ1) is 14.6. The van der Waals surface area contributed by atoms with Crippen molar-refractivity contribution in [2.45, 2.75) is 53.4 Å². The molecule has 3 aromatic heterocycles. The molecule has 0 spiro atoms. The second-order valence-corrected chi connectivity index (χ2v) is 8.20. The fourth-order valence-electron chi connectivity index (χ4n) is 4.02. The fraction of sp³-hybridized carbons (Fsp3) is 0.320. The Morgan fingerprint density at radius 2 is 1.50 bits per heavy atom. The molecule has 3 heterocycles. The van der Waals surface area contributed by atoms with E-state index in [9.17, 15) is 0 Å². The van der Waals surface area contributed by atoms with E-state index in [0.717, 1.165) is 58.1 Å². The third-order valence-corrected chi connectivity index (χ3v) is 6.61. The second kappa shape index (κ2) is 8.68. The van der Waals surface area contributed by atoms with Crippen LogP contribution in [0.1, 0.15) is 50.2 Å². The minimum atomic E-state index is 0.708. The van der Waals surface area contributed by atoms with Gasteiger partial charge < -0.3 is 0 Å². The molecule has 0 radical (unpaired) electrons. The highest BCUT2D eigenvalue weighted by Gasteiger charge is 2.15. The molecule has 0 aliphatic heterocycles. The Balaban J connectivity index is 1.86. The van der Waals surface area contributed by atoms with Crippen LogP contribution in [0.4, 0.5) is 0 Å². The maximum Gasteiger partial charge on any atom is 0.234 e. The van der Waals surface area contributed by atoms with Gasteiger partial charge in [0.1, 0.15) is 0 Å². The summed E-state index contributed by atoms with van der Waals surface area (Å²) in [5.41, 5.74) is 8.10. The Labute approximate surface area is 186 Å². The maximum atomic E-state index is 4.87. The van der Waals surface area contributed by atoms with E-state index in [1.165, 1.54) is 16.7 Å². The zero-order valence-electron chi connectivity index (χ0n) is 18.0. The van der Waals surface area contributed by atoms with Crippen molar-refractivity contribution in [3.8, 4) is 17.2 Å². The van der Waals surface area contributed by atoms with Crippen LogP contribution in [-0.4, -0.2) is 19.5 Å². The second-order valence-electron chi connectivity index (χ2n) is 7.41. The molecule has 0 bridgehead atoms. The monoisotopic (exact) mass is 462 g/mol.